The summed E-state index contributed by atoms with van der Waals surface area (Å²) >= 11 is 9.32. The summed E-state index contributed by atoms with van der Waals surface area (Å²) in [5.41, 5.74) is 3.11. The van der Waals surface area contributed by atoms with Crippen molar-refractivity contribution in [3.8, 4) is 0 Å². The highest BCUT2D eigenvalue weighted by atomic mass is 35.5. The normalized spacial score (nSPS) is 14.8. The van der Waals surface area contributed by atoms with Crippen molar-refractivity contribution in [3.05, 3.63) is 80.8 Å². The molecule has 1 aliphatic rings. The fourth-order valence-corrected chi connectivity index (χ4v) is 5.30. The van der Waals surface area contributed by atoms with Gasteiger partial charge in [0, 0.05) is 53.8 Å². The zero-order chi connectivity index (χ0) is 20.9. The topological polar surface area (TPSA) is 36.4 Å². The lowest BCUT2D eigenvalue weighted by atomic mass is 10.1. The molecular weight excluding hydrogens is 434 g/mol. The molecule has 30 heavy (non-hydrogen) atoms. The number of carbonyl (C=O) groups excluding carboxylic acids is 1. The summed E-state index contributed by atoms with van der Waals surface area (Å²) in [7, 11) is 0. The van der Waals surface area contributed by atoms with Crippen molar-refractivity contribution in [1.82, 2.24) is 14.8 Å². The molecule has 0 aliphatic carbocycles. The molecule has 7 heteroatoms. The van der Waals surface area contributed by atoms with Crippen molar-refractivity contribution in [2.24, 2.45) is 0 Å². The number of nitrogens with zero attached hydrogens (tertiary/aromatic N) is 3. The first-order valence-electron chi connectivity index (χ1n) is 9.97. The minimum absolute atomic E-state index is 0.124. The van der Waals surface area contributed by atoms with Crippen molar-refractivity contribution in [3.63, 3.8) is 0 Å². The van der Waals surface area contributed by atoms with E-state index in [1.165, 1.54) is 5.56 Å². The highest BCUT2D eigenvalue weighted by Gasteiger charge is 2.24. The first kappa shape index (κ1) is 21.4. The minimum Gasteiger partial charge on any atom is -0.336 e. The second kappa shape index (κ2) is 9.96. The molecule has 1 saturated heterocycles. The maximum absolute atomic E-state index is 13.2. The largest absolute Gasteiger partial charge is 0.336 e. The third-order valence-electron chi connectivity index (χ3n) is 5.14. The lowest BCUT2D eigenvalue weighted by Gasteiger charge is -2.35. The SMILES string of the molecule is Cc1nc(CSc2ccccc2C(=O)N2CCN(Cc3ccc(Cl)cc3)CC2)cs1. The standard InChI is InChI=1S/C23H24ClN3OS2/c1-17-25-20(15-29-17)16-30-22-5-3-2-4-21(22)23(28)27-12-10-26(11-13-27)14-18-6-8-19(24)9-7-18/h2-9,15H,10-14,16H2,1H3. The molecule has 0 atom stereocenters. The molecule has 2 aromatic carbocycles. The van der Waals surface area contributed by atoms with E-state index in [2.05, 4.69) is 27.4 Å². The summed E-state index contributed by atoms with van der Waals surface area (Å²) in [4.78, 5) is 23.1. The van der Waals surface area contributed by atoms with Crippen LogP contribution >= 0.6 is 34.7 Å². The van der Waals surface area contributed by atoms with Crippen LogP contribution in [0.3, 0.4) is 0 Å². The summed E-state index contributed by atoms with van der Waals surface area (Å²) in [5, 5.41) is 3.93. The zero-order valence-electron chi connectivity index (χ0n) is 16.9. The third-order valence-corrected chi connectivity index (χ3v) is 7.32. The number of aryl methyl sites for hydroxylation is 1. The number of aromatic nitrogens is 1. The minimum atomic E-state index is 0.124. The first-order valence-corrected chi connectivity index (χ1v) is 12.2. The first-order chi connectivity index (χ1) is 14.6. The summed E-state index contributed by atoms with van der Waals surface area (Å²) in [6.45, 7) is 6.15. The molecule has 0 unspecified atom stereocenters. The molecule has 4 nitrogen and oxygen atoms in total. The van der Waals surface area contributed by atoms with Gasteiger partial charge < -0.3 is 4.90 Å². The van der Waals surface area contributed by atoms with Gasteiger partial charge >= 0.3 is 0 Å². The second-order valence-electron chi connectivity index (χ2n) is 7.34. The average molecular weight is 458 g/mol. The van der Waals surface area contributed by atoms with E-state index in [1.54, 1.807) is 23.1 Å². The number of halogens is 1. The number of hydrogen-bond donors (Lipinski definition) is 0. The van der Waals surface area contributed by atoms with E-state index in [-0.39, 0.29) is 5.91 Å². The van der Waals surface area contributed by atoms with Crippen LogP contribution in [0.5, 0.6) is 0 Å². The van der Waals surface area contributed by atoms with E-state index in [9.17, 15) is 4.79 Å². The van der Waals surface area contributed by atoms with Crippen LogP contribution in [0, 0.1) is 6.92 Å². The van der Waals surface area contributed by atoms with Gasteiger partial charge in [0.1, 0.15) is 0 Å². The van der Waals surface area contributed by atoms with Crippen LogP contribution < -0.4 is 0 Å². The Morgan fingerprint density at radius 2 is 1.83 bits per heavy atom. The predicted molar refractivity (Wildman–Crippen MR) is 125 cm³/mol. The number of benzene rings is 2. The number of rotatable bonds is 6. The second-order valence-corrected chi connectivity index (χ2v) is 9.85. The molecule has 0 saturated carbocycles. The van der Waals surface area contributed by atoms with Gasteiger partial charge in [0.25, 0.3) is 5.91 Å². The van der Waals surface area contributed by atoms with Crippen LogP contribution in [0.2, 0.25) is 5.02 Å². The molecule has 4 rings (SSSR count). The van der Waals surface area contributed by atoms with Crippen LogP contribution in [0.15, 0.2) is 58.8 Å². The van der Waals surface area contributed by atoms with Crippen molar-refractivity contribution in [1.29, 1.82) is 0 Å². The Labute approximate surface area is 190 Å². The Bertz CT molecular complexity index is 998. The molecule has 0 bridgehead atoms. The van der Waals surface area contributed by atoms with Crippen LogP contribution in [-0.4, -0.2) is 46.9 Å². The van der Waals surface area contributed by atoms with E-state index in [1.807, 2.05) is 48.2 Å². The monoisotopic (exact) mass is 457 g/mol. The van der Waals surface area contributed by atoms with Gasteiger partial charge in [-0.1, -0.05) is 35.9 Å². The number of carbonyl (C=O) groups is 1. The number of piperazine rings is 1. The van der Waals surface area contributed by atoms with E-state index in [4.69, 9.17) is 11.6 Å². The van der Waals surface area contributed by atoms with Crippen LogP contribution in [0.25, 0.3) is 0 Å². The highest BCUT2D eigenvalue weighted by Crippen LogP contribution is 2.28. The number of hydrogen-bond acceptors (Lipinski definition) is 5. The van der Waals surface area contributed by atoms with Gasteiger partial charge in [-0.3, -0.25) is 9.69 Å². The van der Waals surface area contributed by atoms with Gasteiger partial charge in [-0.2, -0.15) is 0 Å². The average Bonchev–Trinajstić information content (AvgIpc) is 3.19. The zero-order valence-corrected chi connectivity index (χ0v) is 19.3. The van der Waals surface area contributed by atoms with E-state index in [0.29, 0.717) is 0 Å². The van der Waals surface area contributed by atoms with Crippen LogP contribution in [0.1, 0.15) is 26.6 Å². The summed E-state index contributed by atoms with van der Waals surface area (Å²) < 4.78 is 0. The van der Waals surface area contributed by atoms with Crippen molar-refractivity contribution in [2.45, 2.75) is 24.1 Å². The molecule has 3 aromatic rings. The molecule has 156 valence electrons. The Morgan fingerprint density at radius 3 is 2.53 bits per heavy atom. The third kappa shape index (κ3) is 5.43. The van der Waals surface area contributed by atoms with Gasteiger partial charge in [0.05, 0.1) is 16.3 Å². The molecule has 1 amide bonds. The van der Waals surface area contributed by atoms with Gasteiger partial charge in [-0.05, 0) is 36.8 Å². The molecule has 1 aliphatic heterocycles. The Morgan fingerprint density at radius 1 is 1.10 bits per heavy atom. The lowest BCUT2D eigenvalue weighted by Crippen LogP contribution is -2.48. The van der Waals surface area contributed by atoms with Crippen molar-refractivity contribution >= 4 is 40.6 Å². The van der Waals surface area contributed by atoms with Gasteiger partial charge in [-0.25, -0.2) is 4.98 Å². The van der Waals surface area contributed by atoms with E-state index >= 15 is 0 Å². The lowest BCUT2D eigenvalue weighted by molar-refractivity contribution is 0.0625. The molecule has 0 spiro atoms. The van der Waals surface area contributed by atoms with E-state index < -0.39 is 0 Å². The maximum Gasteiger partial charge on any atom is 0.255 e. The number of thiazole rings is 1. The quantitative estimate of drug-likeness (QED) is 0.467. The molecule has 1 aromatic heterocycles. The molecule has 1 fully saturated rings. The van der Waals surface area contributed by atoms with E-state index in [0.717, 1.165) is 64.7 Å². The van der Waals surface area contributed by atoms with Crippen LogP contribution in [0.4, 0.5) is 0 Å². The molecule has 2 heterocycles. The van der Waals surface area contributed by atoms with Gasteiger partial charge in [0.2, 0.25) is 0 Å². The van der Waals surface area contributed by atoms with Crippen molar-refractivity contribution < 1.29 is 4.79 Å². The fourth-order valence-electron chi connectivity index (χ4n) is 3.52. The van der Waals surface area contributed by atoms with Gasteiger partial charge in [0.15, 0.2) is 0 Å². The molecular formula is C23H24ClN3OS2. The highest BCUT2D eigenvalue weighted by molar-refractivity contribution is 7.98. The number of amides is 1. The smallest absolute Gasteiger partial charge is 0.255 e. The Kier molecular flexibility index (Phi) is 7.10. The van der Waals surface area contributed by atoms with Crippen molar-refractivity contribution in [2.75, 3.05) is 26.2 Å². The summed E-state index contributed by atoms with van der Waals surface area (Å²) in [5.74, 6) is 0.905. The maximum atomic E-state index is 13.2. The van der Waals surface area contributed by atoms with Gasteiger partial charge in [-0.15, -0.1) is 23.1 Å². The fraction of sp³-hybridized carbons (Fsp3) is 0.304. The van der Waals surface area contributed by atoms with Crippen LogP contribution in [-0.2, 0) is 12.3 Å². The summed E-state index contributed by atoms with van der Waals surface area (Å²) in [6, 6.07) is 15.9. The molecule has 0 radical (unpaired) electrons. The predicted octanol–water partition coefficient (Wildman–Crippen LogP) is 5.36. The Balaban J connectivity index is 1.35. The molecule has 0 N–H and O–H groups in total. The summed E-state index contributed by atoms with van der Waals surface area (Å²) in [6.07, 6.45) is 0. The number of thioether (sulfide) groups is 1. The Hall–Kier alpha value is -1.86.